The van der Waals surface area contributed by atoms with Gasteiger partial charge in [-0.15, -0.1) is 0 Å². The van der Waals surface area contributed by atoms with Gasteiger partial charge in [-0.05, 0) is 78.2 Å². The number of nitrogens with zero attached hydrogens (tertiary/aromatic N) is 1. The lowest BCUT2D eigenvalue weighted by Crippen LogP contribution is -2.36. The van der Waals surface area contributed by atoms with Crippen LogP contribution in [0.2, 0.25) is 5.02 Å². The maximum atomic E-state index is 13.2. The molecule has 10 heteroatoms. The molecule has 0 radical (unpaired) electrons. The van der Waals surface area contributed by atoms with E-state index in [1.165, 1.54) is 40.7 Å². The van der Waals surface area contributed by atoms with Crippen molar-refractivity contribution in [3.8, 4) is 0 Å². The van der Waals surface area contributed by atoms with Crippen LogP contribution < -0.4 is 4.72 Å². The predicted molar refractivity (Wildman–Crippen MR) is 116 cm³/mol. The zero-order valence-electron chi connectivity index (χ0n) is 16.1. The van der Waals surface area contributed by atoms with Crippen molar-refractivity contribution in [2.45, 2.75) is 22.8 Å². The molecule has 1 aliphatic heterocycles. The molecule has 1 heterocycles. The molecule has 0 fully saturated rings. The molecule has 0 aliphatic carbocycles. The minimum Gasteiger partial charge on any atom is -0.280 e. The van der Waals surface area contributed by atoms with Crippen molar-refractivity contribution in [3.05, 3.63) is 88.7 Å². The smallest absolute Gasteiger partial charge is 0.261 e. The lowest BCUT2D eigenvalue weighted by Gasteiger charge is -2.28. The van der Waals surface area contributed by atoms with Crippen LogP contribution in [0.5, 0.6) is 0 Å². The molecular weight excluding hydrogens is 463 g/mol. The van der Waals surface area contributed by atoms with Crippen LogP contribution in [0.25, 0.3) is 0 Å². The number of hydrogen-bond acceptors (Lipinski definition) is 4. The fraction of sp³-hybridized carbons (Fsp3) is 0.143. The van der Waals surface area contributed by atoms with Crippen molar-refractivity contribution < 1.29 is 21.2 Å². The Kier molecular flexibility index (Phi) is 5.78. The van der Waals surface area contributed by atoms with Gasteiger partial charge in [0.25, 0.3) is 10.0 Å². The van der Waals surface area contributed by atoms with Gasteiger partial charge < -0.3 is 0 Å². The van der Waals surface area contributed by atoms with E-state index in [4.69, 9.17) is 11.6 Å². The van der Waals surface area contributed by atoms with Crippen LogP contribution in [0.15, 0.2) is 76.5 Å². The lowest BCUT2D eigenvalue weighted by atomic mass is 10.0. The first-order valence-electron chi connectivity index (χ1n) is 9.31. The van der Waals surface area contributed by atoms with Crippen LogP contribution in [0.4, 0.5) is 10.1 Å². The molecule has 6 nitrogen and oxygen atoms in total. The SMILES string of the molecule is O=S(=O)(Nc1ccc2c(c1)CN(S(=O)(=O)c1ccc(F)cc1)CC2)c1ccc(Cl)cc1. The highest BCUT2D eigenvalue weighted by molar-refractivity contribution is 7.92. The molecule has 0 aromatic heterocycles. The Hall–Kier alpha value is -2.46. The molecule has 1 aliphatic rings. The summed E-state index contributed by atoms with van der Waals surface area (Å²) in [4.78, 5) is 0.0760. The predicted octanol–water partition coefficient (Wildman–Crippen LogP) is 4.03. The molecule has 162 valence electrons. The van der Waals surface area contributed by atoms with Crippen molar-refractivity contribution >= 4 is 37.3 Å². The van der Waals surface area contributed by atoms with Crippen LogP contribution >= 0.6 is 11.6 Å². The van der Waals surface area contributed by atoms with Gasteiger partial charge in [-0.1, -0.05) is 17.7 Å². The van der Waals surface area contributed by atoms with Crippen LogP contribution in [-0.4, -0.2) is 27.7 Å². The fourth-order valence-electron chi connectivity index (χ4n) is 3.38. The van der Waals surface area contributed by atoms with E-state index in [0.29, 0.717) is 22.7 Å². The first-order valence-corrected chi connectivity index (χ1v) is 12.6. The van der Waals surface area contributed by atoms with Crippen molar-refractivity contribution in [1.29, 1.82) is 0 Å². The van der Waals surface area contributed by atoms with Crippen molar-refractivity contribution in [2.24, 2.45) is 0 Å². The van der Waals surface area contributed by atoms with Gasteiger partial charge in [-0.3, -0.25) is 4.72 Å². The zero-order valence-corrected chi connectivity index (χ0v) is 18.5. The van der Waals surface area contributed by atoms with E-state index in [0.717, 1.165) is 17.7 Å². The van der Waals surface area contributed by atoms with E-state index in [2.05, 4.69) is 4.72 Å². The van der Waals surface area contributed by atoms with E-state index in [-0.39, 0.29) is 22.9 Å². The molecule has 0 saturated heterocycles. The summed E-state index contributed by atoms with van der Waals surface area (Å²) in [5, 5.41) is 0.426. The summed E-state index contributed by atoms with van der Waals surface area (Å²) in [5.41, 5.74) is 1.97. The first kappa shape index (κ1) is 21.8. The Morgan fingerprint density at radius 2 is 1.48 bits per heavy atom. The number of hydrogen-bond donors (Lipinski definition) is 1. The lowest BCUT2D eigenvalue weighted by molar-refractivity contribution is 0.391. The third-order valence-corrected chi connectivity index (χ3v) is 8.52. The van der Waals surface area contributed by atoms with Gasteiger partial charge in [0.2, 0.25) is 10.0 Å². The number of nitrogens with one attached hydrogen (secondary N) is 1. The zero-order chi connectivity index (χ0) is 22.2. The third kappa shape index (κ3) is 4.59. The van der Waals surface area contributed by atoms with Crippen LogP contribution in [0, 0.1) is 5.82 Å². The number of fused-ring (bicyclic) bond motifs is 1. The van der Waals surface area contributed by atoms with Crippen molar-refractivity contribution in [2.75, 3.05) is 11.3 Å². The van der Waals surface area contributed by atoms with E-state index >= 15 is 0 Å². The summed E-state index contributed by atoms with van der Waals surface area (Å²) >= 11 is 5.82. The second-order valence-corrected chi connectivity index (χ2v) is 11.1. The third-order valence-electron chi connectivity index (χ3n) is 5.01. The highest BCUT2D eigenvalue weighted by atomic mass is 35.5. The summed E-state index contributed by atoms with van der Waals surface area (Å²) in [7, 11) is -7.62. The van der Waals surface area contributed by atoms with Gasteiger partial charge in [0.1, 0.15) is 5.82 Å². The molecular formula is C21H18ClFN2O4S2. The Balaban J connectivity index is 1.58. The fourth-order valence-corrected chi connectivity index (χ4v) is 5.98. The highest BCUT2D eigenvalue weighted by Crippen LogP contribution is 2.28. The molecule has 0 saturated carbocycles. The molecule has 0 bridgehead atoms. The number of anilines is 1. The van der Waals surface area contributed by atoms with Gasteiger partial charge >= 0.3 is 0 Å². The number of halogens is 2. The summed E-state index contributed by atoms with van der Waals surface area (Å²) in [6, 6.07) is 15.5. The minimum atomic E-state index is -3.82. The molecule has 0 amide bonds. The maximum Gasteiger partial charge on any atom is 0.261 e. The number of benzene rings is 3. The van der Waals surface area contributed by atoms with E-state index in [9.17, 15) is 21.2 Å². The highest BCUT2D eigenvalue weighted by Gasteiger charge is 2.28. The van der Waals surface area contributed by atoms with Crippen LogP contribution in [0.1, 0.15) is 11.1 Å². The second-order valence-electron chi connectivity index (χ2n) is 7.09. The monoisotopic (exact) mass is 480 g/mol. The number of rotatable bonds is 5. The topological polar surface area (TPSA) is 83.6 Å². The van der Waals surface area contributed by atoms with Crippen LogP contribution in [0.3, 0.4) is 0 Å². The Labute approximate surface area is 185 Å². The molecule has 31 heavy (non-hydrogen) atoms. The van der Waals surface area contributed by atoms with E-state index < -0.39 is 25.9 Å². The quantitative estimate of drug-likeness (QED) is 0.597. The average Bonchev–Trinajstić information content (AvgIpc) is 2.73. The summed E-state index contributed by atoms with van der Waals surface area (Å²) in [6.45, 7) is 0.369. The Morgan fingerprint density at radius 3 is 2.16 bits per heavy atom. The Morgan fingerprint density at radius 1 is 0.839 bits per heavy atom. The average molecular weight is 481 g/mol. The van der Waals surface area contributed by atoms with Gasteiger partial charge in [0, 0.05) is 23.8 Å². The van der Waals surface area contributed by atoms with Gasteiger partial charge in [-0.2, -0.15) is 4.31 Å². The molecule has 0 unspecified atom stereocenters. The molecule has 3 aromatic rings. The largest absolute Gasteiger partial charge is 0.280 e. The summed E-state index contributed by atoms with van der Waals surface area (Å²) in [6.07, 6.45) is 0.486. The van der Waals surface area contributed by atoms with Crippen LogP contribution in [-0.2, 0) is 33.0 Å². The molecule has 0 atom stereocenters. The standard InChI is InChI=1S/C21H18ClFN2O4S2/c22-17-2-7-20(8-3-17)30(26,27)24-19-6-1-15-11-12-25(14-16(15)13-19)31(28,29)21-9-4-18(23)5-10-21/h1-10,13,24H,11-12,14H2. The number of sulfonamides is 2. The molecule has 1 N–H and O–H groups in total. The Bertz CT molecular complexity index is 1330. The second kappa shape index (κ2) is 8.23. The van der Waals surface area contributed by atoms with Gasteiger partial charge in [-0.25, -0.2) is 21.2 Å². The van der Waals surface area contributed by atoms with E-state index in [1.807, 2.05) is 0 Å². The summed E-state index contributed by atoms with van der Waals surface area (Å²) < 4.78 is 68.1. The minimum absolute atomic E-state index is 0.0111. The molecule has 4 rings (SSSR count). The van der Waals surface area contributed by atoms with Crippen molar-refractivity contribution in [3.63, 3.8) is 0 Å². The molecule has 3 aromatic carbocycles. The summed E-state index contributed by atoms with van der Waals surface area (Å²) in [5.74, 6) is -0.513. The molecule has 0 spiro atoms. The normalized spacial score (nSPS) is 14.8. The maximum absolute atomic E-state index is 13.2. The van der Waals surface area contributed by atoms with Gasteiger partial charge in [0.15, 0.2) is 0 Å². The first-order chi connectivity index (χ1) is 14.6. The van der Waals surface area contributed by atoms with Crippen molar-refractivity contribution in [1.82, 2.24) is 4.31 Å². The van der Waals surface area contributed by atoms with E-state index in [1.54, 1.807) is 18.2 Å². The van der Waals surface area contributed by atoms with Gasteiger partial charge in [0.05, 0.1) is 9.79 Å².